The SMILES string of the molecule is CCCN(CCO)CCC(=O)NC1CCCCC1. The van der Waals surface area contributed by atoms with Gasteiger partial charge in [-0.1, -0.05) is 26.2 Å². The summed E-state index contributed by atoms with van der Waals surface area (Å²) in [6.45, 7) is 4.67. The van der Waals surface area contributed by atoms with Crippen molar-refractivity contribution >= 4 is 5.91 Å². The van der Waals surface area contributed by atoms with Crippen LogP contribution in [0.3, 0.4) is 0 Å². The van der Waals surface area contributed by atoms with E-state index in [1.54, 1.807) is 0 Å². The van der Waals surface area contributed by atoms with Crippen LogP contribution >= 0.6 is 0 Å². The van der Waals surface area contributed by atoms with Crippen LogP contribution in [0.2, 0.25) is 0 Å². The molecule has 106 valence electrons. The summed E-state index contributed by atoms with van der Waals surface area (Å²) >= 11 is 0. The Bertz CT molecular complexity index is 222. The number of hydrogen-bond donors (Lipinski definition) is 2. The summed E-state index contributed by atoms with van der Waals surface area (Å²) in [5.41, 5.74) is 0. The van der Waals surface area contributed by atoms with E-state index in [9.17, 15) is 4.79 Å². The molecular formula is C14H28N2O2. The number of nitrogens with zero attached hydrogens (tertiary/aromatic N) is 1. The van der Waals surface area contributed by atoms with Gasteiger partial charge >= 0.3 is 0 Å². The molecule has 1 fully saturated rings. The van der Waals surface area contributed by atoms with Crippen molar-refractivity contribution in [2.45, 2.75) is 57.9 Å². The molecule has 4 heteroatoms. The average molecular weight is 256 g/mol. The van der Waals surface area contributed by atoms with Crippen molar-refractivity contribution in [1.82, 2.24) is 10.2 Å². The van der Waals surface area contributed by atoms with Crippen molar-refractivity contribution in [3.05, 3.63) is 0 Å². The molecule has 0 spiro atoms. The Balaban J connectivity index is 2.17. The first kappa shape index (κ1) is 15.4. The third kappa shape index (κ3) is 6.36. The molecule has 0 aromatic rings. The molecule has 0 bridgehead atoms. The molecule has 1 rings (SSSR count). The second-order valence-electron chi connectivity index (χ2n) is 5.22. The largest absolute Gasteiger partial charge is 0.395 e. The molecule has 1 aliphatic rings. The summed E-state index contributed by atoms with van der Waals surface area (Å²) in [6.07, 6.45) is 7.70. The predicted molar refractivity (Wildman–Crippen MR) is 73.4 cm³/mol. The Hall–Kier alpha value is -0.610. The number of rotatable bonds is 8. The molecule has 1 amide bonds. The van der Waals surface area contributed by atoms with Gasteiger partial charge < -0.3 is 15.3 Å². The summed E-state index contributed by atoms with van der Waals surface area (Å²) in [5.74, 6) is 0.168. The van der Waals surface area contributed by atoms with E-state index < -0.39 is 0 Å². The van der Waals surface area contributed by atoms with Crippen molar-refractivity contribution in [1.29, 1.82) is 0 Å². The van der Waals surface area contributed by atoms with Crippen LogP contribution in [0.5, 0.6) is 0 Å². The van der Waals surface area contributed by atoms with Gasteiger partial charge in [-0.05, 0) is 25.8 Å². The molecule has 0 aromatic carbocycles. The van der Waals surface area contributed by atoms with Crippen LogP contribution < -0.4 is 5.32 Å². The maximum absolute atomic E-state index is 11.8. The van der Waals surface area contributed by atoms with Gasteiger partial charge in [0.25, 0.3) is 0 Å². The molecule has 0 heterocycles. The summed E-state index contributed by atoms with van der Waals surface area (Å²) < 4.78 is 0. The van der Waals surface area contributed by atoms with Gasteiger partial charge in [0, 0.05) is 25.6 Å². The van der Waals surface area contributed by atoms with E-state index >= 15 is 0 Å². The Morgan fingerprint density at radius 3 is 2.56 bits per heavy atom. The molecular weight excluding hydrogens is 228 g/mol. The van der Waals surface area contributed by atoms with E-state index in [2.05, 4.69) is 17.1 Å². The number of nitrogens with one attached hydrogen (secondary N) is 1. The minimum Gasteiger partial charge on any atom is -0.395 e. The lowest BCUT2D eigenvalue weighted by atomic mass is 9.95. The number of hydrogen-bond acceptors (Lipinski definition) is 3. The fraction of sp³-hybridized carbons (Fsp3) is 0.929. The molecule has 0 atom stereocenters. The summed E-state index contributed by atoms with van der Waals surface area (Å²) in [6, 6.07) is 0.406. The lowest BCUT2D eigenvalue weighted by Gasteiger charge is -2.24. The third-order valence-electron chi connectivity index (χ3n) is 3.58. The smallest absolute Gasteiger partial charge is 0.221 e. The van der Waals surface area contributed by atoms with Crippen molar-refractivity contribution < 1.29 is 9.90 Å². The lowest BCUT2D eigenvalue weighted by Crippen LogP contribution is -2.38. The number of amides is 1. The Kier molecular flexibility index (Phi) is 8.01. The Labute approximate surface area is 111 Å². The topological polar surface area (TPSA) is 52.6 Å². The van der Waals surface area contributed by atoms with Gasteiger partial charge in [-0.3, -0.25) is 4.79 Å². The summed E-state index contributed by atoms with van der Waals surface area (Å²) in [4.78, 5) is 14.0. The summed E-state index contributed by atoms with van der Waals surface area (Å²) in [7, 11) is 0. The number of carbonyl (C=O) groups excluding carboxylic acids is 1. The Morgan fingerprint density at radius 2 is 1.94 bits per heavy atom. The van der Waals surface area contributed by atoms with Gasteiger partial charge in [-0.25, -0.2) is 0 Å². The molecule has 1 saturated carbocycles. The van der Waals surface area contributed by atoms with E-state index in [1.807, 2.05) is 0 Å². The summed E-state index contributed by atoms with van der Waals surface area (Å²) in [5, 5.41) is 12.1. The standard InChI is InChI=1S/C14H28N2O2/c1-2-9-16(11-12-17)10-8-14(18)15-13-6-4-3-5-7-13/h13,17H,2-12H2,1H3,(H,15,18). The Morgan fingerprint density at radius 1 is 1.22 bits per heavy atom. The second-order valence-corrected chi connectivity index (χ2v) is 5.22. The zero-order valence-electron chi connectivity index (χ0n) is 11.7. The van der Waals surface area contributed by atoms with Gasteiger partial charge in [0.2, 0.25) is 5.91 Å². The molecule has 0 radical (unpaired) electrons. The van der Waals surface area contributed by atoms with Gasteiger partial charge in [-0.2, -0.15) is 0 Å². The fourth-order valence-electron chi connectivity index (χ4n) is 2.60. The van der Waals surface area contributed by atoms with Gasteiger partial charge in [0.05, 0.1) is 6.61 Å². The molecule has 0 saturated heterocycles. The van der Waals surface area contributed by atoms with E-state index in [-0.39, 0.29) is 12.5 Å². The van der Waals surface area contributed by atoms with Crippen LogP contribution in [-0.2, 0) is 4.79 Å². The van der Waals surface area contributed by atoms with E-state index in [1.165, 1.54) is 19.3 Å². The molecule has 0 aromatic heterocycles. The van der Waals surface area contributed by atoms with Crippen molar-refractivity contribution in [2.24, 2.45) is 0 Å². The van der Waals surface area contributed by atoms with Crippen molar-refractivity contribution in [2.75, 3.05) is 26.2 Å². The van der Waals surface area contributed by atoms with Crippen molar-refractivity contribution in [3.8, 4) is 0 Å². The van der Waals surface area contributed by atoms with Crippen LogP contribution in [0.25, 0.3) is 0 Å². The highest BCUT2D eigenvalue weighted by atomic mass is 16.3. The zero-order valence-corrected chi connectivity index (χ0v) is 11.7. The monoisotopic (exact) mass is 256 g/mol. The van der Waals surface area contributed by atoms with Gasteiger partial charge in [0.15, 0.2) is 0 Å². The molecule has 2 N–H and O–H groups in total. The quantitative estimate of drug-likeness (QED) is 0.692. The van der Waals surface area contributed by atoms with E-state index in [0.717, 1.165) is 32.4 Å². The maximum Gasteiger partial charge on any atom is 0.221 e. The minimum atomic E-state index is 0.168. The highest BCUT2D eigenvalue weighted by Gasteiger charge is 2.15. The van der Waals surface area contributed by atoms with Crippen LogP contribution in [0, 0.1) is 0 Å². The van der Waals surface area contributed by atoms with Gasteiger partial charge in [0.1, 0.15) is 0 Å². The second kappa shape index (κ2) is 9.34. The van der Waals surface area contributed by atoms with E-state index in [4.69, 9.17) is 5.11 Å². The van der Waals surface area contributed by atoms with Crippen LogP contribution in [0.15, 0.2) is 0 Å². The fourth-order valence-corrected chi connectivity index (χ4v) is 2.60. The van der Waals surface area contributed by atoms with Crippen LogP contribution in [-0.4, -0.2) is 48.2 Å². The predicted octanol–water partition coefficient (Wildman–Crippen LogP) is 1.53. The zero-order chi connectivity index (χ0) is 13.2. The van der Waals surface area contributed by atoms with Crippen molar-refractivity contribution in [3.63, 3.8) is 0 Å². The van der Waals surface area contributed by atoms with Crippen LogP contribution in [0.4, 0.5) is 0 Å². The van der Waals surface area contributed by atoms with E-state index in [0.29, 0.717) is 19.0 Å². The average Bonchev–Trinajstić information content (AvgIpc) is 2.38. The number of aliphatic hydroxyl groups excluding tert-OH is 1. The first-order valence-electron chi connectivity index (χ1n) is 7.38. The number of carbonyl (C=O) groups is 1. The lowest BCUT2D eigenvalue weighted by molar-refractivity contribution is -0.122. The highest BCUT2D eigenvalue weighted by molar-refractivity contribution is 5.76. The molecule has 1 aliphatic carbocycles. The molecule has 0 aliphatic heterocycles. The molecule has 18 heavy (non-hydrogen) atoms. The van der Waals surface area contributed by atoms with Crippen LogP contribution in [0.1, 0.15) is 51.9 Å². The normalized spacial score (nSPS) is 17.1. The third-order valence-corrected chi connectivity index (χ3v) is 3.58. The molecule has 4 nitrogen and oxygen atoms in total. The maximum atomic E-state index is 11.8. The number of aliphatic hydroxyl groups is 1. The highest BCUT2D eigenvalue weighted by Crippen LogP contribution is 2.17. The first-order chi connectivity index (χ1) is 8.76. The minimum absolute atomic E-state index is 0.168. The molecule has 0 unspecified atom stereocenters. The van der Waals surface area contributed by atoms with Gasteiger partial charge in [-0.15, -0.1) is 0 Å². The first-order valence-corrected chi connectivity index (χ1v) is 7.38.